The number of amides is 2. The molecule has 0 bridgehead atoms. The Bertz CT molecular complexity index is 1020. The molecule has 0 aromatic heterocycles. The van der Waals surface area contributed by atoms with Crippen molar-refractivity contribution in [2.24, 2.45) is 0 Å². The molecule has 30 heavy (non-hydrogen) atoms. The van der Waals surface area contributed by atoms with Gasteiger partial charge in [-0.25, -0.2) is 0 Å². The maximum atomic E-state index is 12.3. The second kappa shape index (κ2) is 10.5. The Balaban J connectivity index is 1.78. The van der Waals surface area contributed by atoms with Crippen molar-refractivity contribution in [2.75, 3.05) is 17.7 Å². The third kappa shape index (κ3) is 5.55. The number of carbonyl (C=O) groups excluding carboxylic acids is 2. The molecule has 2 amide bonds. The number of benzene rings is 2. The first-order valence-electron chi connectivity index (χ1n) is 9.35. The molecule has 2 aromatic rings. The maximum Gasteiger partial charge on any atom is 0.234 e. The summed E-state index contributed by atoms with van der Waals surface area (Å²) < 4.78 is 6.77. The minimum absolute atomic E-state index is 0.0760. The molecular weight excluding hydrogens is 513 g/mol. The summed E-state index contributed by atoms with van der Waals surface area (Å²) >= 11 is 3.35. The Hall–Kier alpha value is -2.51. The Morgan fingerprint density at radius 1 is 1.30 bits per heavy atom. The minimum Gasteiger partial charge on any atom is -0.494 e. The second-order valence-corrected chi connectivity index (χ2v) is 8.71. The lowest BCUT2D eigenvalue weighted by Gasteiger charge is -2.26. The van der Waals surface area contributed by atoms with Crippen molar-refractivity contribution >= 4 is 51.9 Å². The number of hydrogen-bond donors (Lipinski definition) is 2. The number of nitrogens with one attached hydrogen (secondary N) is 2. The van der Waals surface area contributed by atoms with E-state index in [0.29, 0.717) is 28.6 Å². The van der Waals surface area contributed by atoms with Crippen LogP contribution >= 0.6 is 34.4 Å². The molecule has 0 saturated carbocycles. The molecule has 2 N–H and O–H groups in total. The van der Waals surface area contributed by atoms with E-state index in [1.807, 2.05) is 55.5 Å². The number of hydrogen-bond acceptors (Lipinski definition) is 5. The lowest BCUT2D eigenvalue weighted by molar-refractivity contribution is -0.121. The second-order valence-electron chi connectivity index (χ2n) is 6.47. The van der Waals surface area contributed by atoms with E-state index in [4.69, 9.17) is 4.74 Å². The molecule has 0 radical (unpaired) electrons. The van der Waals surface area contributed by atoms with Gasteiger partial charge in [-0.15, -0.1) is 0 Å². The molecule has 154 valence electrons. The van der Waals surface area contributed by atoms with Crippen molar-refractivity contribution in [1.82, 2.24) is 5.32 Å². The lowest BCUT2D eigenvalue weighted by atomic mass is 9.86. The van der Waals surface area contributed by atoms with Crippen LogP contribution in [-0.2, 0) is 9.59 Å². The molecule has 2 aromatic carbocycles. The van der Waals surface area contributed by atoms with Gasteiger partial charge in [0.15, 0.2) is 0 Å². The van der Waals surface area contributed by atoms with Crippen molar-refractivity contribution in [1.29, 1.82) is 5.26 Å². The van der Waals surface area contributed by atoms with Gasteiger partial charge in [0.05, 0.1) is 29.0 Å². The third-order valence-corrected chi connectivity index (χ3v) is 6.16. The summed E-state index contributed by atoms with van der Waals surface area (Å²) in [4.78, 5) is 24.7. The van der Waals surface area contributed by atoms with Crippen molar-refractivity contribution in [3.63, 3.8) is 0 Å². The third-order valence-electron chi connectivity index (χ3n) is 4.43. The topological polar surface area (TPSA) is 91.2 Å². The predicted molar refractivity (Wildman–Crippen MR) is 126 cm³/mol. The Kier molecular flexibility index (Phi) is 7.76. The Morgan fingerprint density at radius 2 is 2.03 bits per heavy atom. The normalized spacial score (nSPS) is 15.9. The number of anilines is 1. The molecule has 3 rings (SSSR count). The molecule has 0 saturated heterocycles. The fourth-order valence-electron chi connectivity index (χ4n) is 3.12. The van der Waals surface area contributed by atoms with Crippen LogP contribution in [0.5, 0.6) is 5.75 Å². The van der Waals surface area contributed by atoms with Gasteiger partial charge in [-0.2, -0.15) is 5.26 Å². The van der Waals surface area contributed by atoms with Gasteiger partial charge >= 0.3 is 0 Å². The van der Waals surface area contributed by atoms with Gasteiger partial charge in [0.2, 0.25) is 11.8 Å². The number of nitrogens with zero attached hydrogens (tertiary/aromatic N) is 1. The maximum absolute atomic E-state index is 12.3. The van der Waals surface area contributed by atoms with Crippen LogP contribution in [0.2, 0.25) is 0 Å². The Morgan fingerprint density at radius 3 is 2.73 bits per heavy atom. The molecular formula is C22H20IN3O3S. The van der Waals surface area contributed by atoms with Crippen LogP contribution < -0.4 is 15.4 Å². The summed E-state index contributed by atoms with van der Waals surface area (Å²) in [5, 5.41) is 15.8. The number of ether oxygens (including phenoxy) is 1. The van der Waals surface area contributed by atoms with Crippen LogP contribution in [0.15, 0.2) is 59.1 Å². The van der Waals surface area contributed by atoms with E-state index in [2.05, 4.69) is 39.3 Å². The monoisotopic (exact) mass is 533 g/mol. The van der Waals surface area contributed by atoms with Crippen LogP contribution in [0, 0.1) is 14.9 Å². The molecule has 1 aliphatic rings. The molecule has 1 aliphatic heterocycles. The number of nitriles is 1. The first-order valence-corrected chi connectivity index (χ1v) is 11.4. The molecule has 1 atom stereocenters. The van der Waals surface area contributed by atoms with Crippen molar-refractivity contribution in [2.45, 2.75) is 19.3 Å². The van der Waals surface area contributed by atoms with Crippen LogP contribution in [-0.4, -0.2) is 24.2 Å². The zero-order chi connectivity index (χ0) is 21.5. The quantitative estimate of drug-likeness (QED) is 0.515. The SMILES string of the molecule is CCOc1ccccc1[C@H]1CC(=O)NC(SCC(=O)Nc2ccc(I)cc2)=C1C#N. The van der Waals surface area contributed by atoms with E-state index in [1.165, 1.54) is 0 Å². The first-order chi connectivity index (χ1) is 14.5. The van der Waals surface area contributed by atoms with Gasteiger partial charge in [0.1, 0.15) is 5.75 Å². The standard InChI is InChI=1S/C22H20IN3O3S/c1-2-29-19-6-4-3-5-16(19)17-11-20(27)26-22(18(17)12-24)30-13-21(28)25-15-9-7-14(23)8-10-15/h3-10,17H,2,11,13H2,1H3,(H,25,28)(H,26,27)/t17-/m1/s1. The number of thioether (sulfide) groups is 1. The fourth-order valence-corrected chi connectivity index (χ4v) is 4.36. The van der Waals surface area contributed by atoms with E-state index in [1.54, 1.807) is 0 Å². The van der Waals surface area contributed by atoms with Crippen LogP contribution in [0.1, 0.15) is 24.8 Å². The van der Waals surface area contributed by atoms with Crippen LogP contribution in [0.3, 0.4) is 0 Å². The predicted octanol–water partition coefficient (Wildman–Crippen LogP) is 4.40. The number of para-hydroxylation sites is 1. The zero-order valence-corrected chi connectivity index (χ0v) is 19.2. The summed E-state index contributed by atoms with van der Waals surface area (Å²) in [6.45, 7) is 2.38. The largest absolute Gasteiger partial charge is 0.494 e. The summed E-state index contributed by atoms with van der Waals surface area (Å²) in [5.74, 6) is -0.0727. The molecule has 1 heterocycles. The summed E-state index contributed by atoms with van der Waals surface area (Å²) in [6.07, 6.45) is 0.159. The highest BCUT2D eigenvalue weighted by molar-refractivity contribution is 14.1. The number of rotatable bonds is 7. The zero-order valence-electron chi connectivity index (χ0n) is 16.3. The average Bonchev–Trinajstić information content (AvgIpc) is 2.74. The van der Waals surface area contributed by atoms with Gasteiger partial charge in [-0.3, -0.25) is 9.59 Å². The molecule has 8 heteroatoms. The van der Waals surface area contributed by atoms with E-state index in [-0.39, 0.29) is 24.0 Å². The summed E-state index contributed by atoms with van der Waals surface area (Å²) in [7, 11) is 0. The summed E-state index contributed by atoms with van der Waals surface area (Å²) in [5.41, 5.74) is 1.94. The number of allylic oxidation sites excluding steroid dienone is 1. The van der Waals surface area contributed by atoms with Gasteiger partial charge in [-0.1, -0.05) is 30.0 Å². The Labute approximate surface area is 193 Å². The fraction of sp³-hybridized carbons (Fsp3) is 0.227. The van der Waals surface area contributed by atoms with E-state index in [9.17, 15) is 14.9 Å². The lowest BCUT2D eigenvalue weighted by Crippen LogP contribution is -2.31. The van der Waals surface area contributed by atoms with Crippen molar-refractivity contribution in [3.8, 4) is 11.8 Å². The van der Waals surface area contributed by atoms with E-state index >= 15 is 0 Å². The summed E-state index contributed by atoms with van der Waals surface area (Å²) in [6, 6.07) is 17.1. The number of carbonyl (C=O) groups is 2. The highest BCUT2D eigenvalue weighted by atomic mass is 127. The van der Waals surface area contributed by atoms with Crippen LogP contribution in [0.25, 0.3) is 0 Å². The van der Waals surface area contributed by atoms with Gasteiger partial charge < -0.3 is 15.4 Å². The molecule has 0 unspecified atom stereocenters. The number of halogens is 1. The van der Waals surface area contributed by atoms with Crippen LogP contribution in [0.4, 0.5) is 5.69 Å². The van der Waals surface area contributed by atoms with Crippen molar-refractivity contribution < 1.29 is 14.3 Å². The minimum atomic E-state index is -0.409. The van der Waals surface area contributed by atoms with E-state index in [0.717, 1.165) is 20.9 Å². The van der Waals surface area contributed by atoms with Gasteiger partial charge in [0, 0.05) is 27.2 Å². The smallest absolute Gasteiger partial charge is 0.234 e. The van der Waals surface area contributed by atoms with Gasteiger partial charge in [0.25, 0.3) is 0 Å². The first kappa shape index (κ1) is 22.2. The van der Waals surface area contributed by atoms with Crippen molar-refractivity contribution in [3.05, 3.63) is 68.3 Å². The molecule has 0 spiro atoms. The highest BCUT2D eigenvalue weighted by Gasteiger charge is 2.31. The molecule has 6 nitrogen and oxygen atoms in total. The average molecular weight is 533 g/mol. The highest BCUT2D eigenvalue weighted by Crippen LogP contribution is 2.39. The molecule has 0 fully saturated rings. The van der Waals surface area contributed by atoms with E-state index < -0.39 is 5.92 Å². The van der Waals surface area contributed by atoms with Gasteiger partial charge in [-0.05, 0) is 59.8 Å². The molecule has 0 aliphatic carbocycles.